The van der Waals surface area contributed by atoms with Gasteiger partial charge in [-0.15, -0.1) is 0 Å². The molecule has 6 heteroatoms. The van der Waals surface area contributed by atoms with Crippen LogP contribution in [0.4, 0.5) is 0 Å². The number of amides is 2. The third-order valence-corrected chi connectivity index (χ3v) is 5.14. The minimum atomic E-state index is -0.268. The molecular formula is C18H15Br2NO3. The van der Waals surface area contributed by atoms with E-state index in [-0.39, 0.29) is 16.6 Å². The molecule has 1 atom stereocenters. The van der Waals surface area contributed by atoms with Crippen molar-refractivity contribution in [2.75, 3.05) is 0 Å². The number of nitrogens with zero attached hydrogens (tertiary/aromatic N) is 1. The van der Waals surface area contributed by atoms with E-state index in [1.165, 1.54) is 4.90 Å². The van der Waals surface area contributed by atoms with E-state index in [1.54, 1.807) is 0 Å². The number of piperidine rings is 1. The summed E-state index contributed by atoms with van der Waals surface area (Å²) in [6.45, 7) is 0.290. The minimum Gasteiger partial charge on any atom is -0.457 e. The number of alkyl halides is 1. The van der Waals surface area contributed by atoms with Crippen LogP contribution in [-0.4, -0.2) is 21.5 Å². The largest absolute Gasteiger partial charge is 0.457 e. The molecule has 1 fully saturated rings. The van der Waals surface area contributed by atoms with Gasteiger partial charge in [0.1, 0.15) is 11.5 Å². The lowest BCUT2D eigenvalue weighted by atomic mass is 10.1. The van der Waals surface area contributed by atoms with Gasteiger partial charge in [-0.1, -0.05) is 44.0 Å². The summed E-state index contributed by atoms with van der Waals surface area (Å²) in [6.07, 6.45) is 0.959. The molecule has 24 heavy (non-hydrogen) atoms. The monoisotopic (exact) mass is 451 g/mol. The van der Waals surface area contributed by atoms with Gasteiger partial charge in [0.15, 0.2) is 0 Å². The number of carbonyl (C=O) groups excluding carboxylic acids is 2. The van der Waals surface area contributed by atoms with Crippen molar-refractivity contribution in [3.05, 3.63) is 58.6 Å². The maximum Gasteiger partial charge on any atom is 0.243 e. The molecule has 2 aromatic rings. The number of imide groups is 1. The Morgan fingerprint density at radius 3 is 2.21 bits per heavy atom. The normalized spacial score (nSPS) is 17.9. The highest BCUT2D eigenvalue weighted by Crippen LogP contribution is 2.25. The van der Waals surface area contributed by atoms with Gasteiger partial charge in [0, 0.05) is 10.9 Å². The molecule has 1 saturated heterocycles. The fourth-order valence-electron chi connectivity index (χ4n) is 2.45. The zero-order valence-electron chi connectivity index (χ0n) is 12.7. The molecule has 0 spiro atoms. The van der Waals surface area contributed by atoms with Crippen LogP contribution in [0.2, 0.25) is 0 Å². The van der Waals surface area contributed by atoms with Crippen molar-refractivity contribution in [3.8, 4) is 11.5 Å². The van der Waals surface area contributed by atoms with Crippen LogP contribution in [0.1, 0.15) is 18.4 Å². The van der Waals surface area contributed by atoms with E-state index < -0.39 is 0 Å². The Kier molecular flexibility index (Phi) is 5.36. The van der Waals surface area contributed by atoms with Gasteiger partial charge in [-0.2, -0.15) is 0 Å². The van der Waals surface area contributed by atoms with Gasteiger partial charge in [0.25, 0.3) is 0 Å². The van der Waals surface area contributed by atoms with Crippen LogP contribution in [0, 0.1) is 0 Å². The molecule has 2 aromatic carbocycles. The van der Waals surface area contributed by atoms with Crippen LogP contribution in [0.25, 0.3) is 0 Å². The molecule has 1 unspecified atom stereocenters. The summed E-state index contributed by atoms with van der Waals surface area (Å²) in [5.41, 5.74) is 0.890. The van der Waals surface area contributed by atoms with Crippen LogP contribution in [-0.2, 0) is 16.1 Å². The summed E-state index contributed by atoms with van der Waals surface area (Å²) in [5.74, 6) is 1.16. The van der Waals surface area contributed by atoms with Crippen LogP contribution in [0.3, 0.4) is 0 Å². The van der Waals surface area contributed by atoms with Crippen LogP contribution in [0.5, 0.6) is 11.5 Å². The molecule has 1 heterocycles. The van der Waals surface area contributed by atoms with Gasteiger partial charge >= 0.3 is 0 Å². The fraction of sp³-hybridized carbons (Fsp3) is 0.222. The molecule has 2 amide bonds. The predicted octanol–water partition coefficient (Wildman–Crippen LogP) is 4.65. The first-order chi connectivity index (χ1) is 11.5. The van der Waals surface area contributed by atoms with Gasteiger partial charge < -0.3 is 4.74 Å². The Morgan fingerprint density at radius 2 is 1.58 bits per heavy atom. The van der Waals surface area contributed by atoms with Gasteiger partial charge in [-0.3, -0.25) is 14.5 Å². The molecule has 3 rings (SSSR count). The van der Waals surface area contributed by atoms with E-state index in [2.05, 4.69) is 31.9 Å². The fourth-order valence-corrected chi connectivity index (χ4v) is 3.19. The van der Waals surface area contributed by atoms with E-state index in [1.807, 2.05) is 48.5 Å². The molecule has 0 aliphatic carbocycles. The van der Waals surface area contributed by atoms with Gasteiger partial charge in [0.05, 0.1) is 11.4 Å². The summed E-state index contributed by atoms with van der Waals surface area (Å²) in [7, 11) is 0. The maximum absolute atomic E-state index is 12.1. The molecule has 0 saturated carbocycles. The van der Waals surface area contributed by atoms with Gasteiger partial charge in [-0.05, 0) is 48.4 Å². The highest BCUT2D eigenvalue weighted by molar-refractivity contribution is 9.10. The van der Waals surface area contributed by atoms with Crippen molar-refractivity contribution < 1.29 is 14.3 Å². The molecule has 0 bridgehead atoms. The number of ether oxygens (including phenoxy) is 1. The smallest absolute Gasteiger partial charge is 0.243 e. The Balaban J connectivity index is 1.67. The molecule has 1 aliphatic heterocycles. The average molecular weight is 453 g/mol. The quantitative estimate of drug-likeness (QED) is 0.500. The molecule has 0 radical (unpaired) electrons. The first-order valence-corrected chi connectivity index (χ1v) is 9.24. The summed E-state index contributed by atoms with van der Waals surface area (Å²) in [6, 6.07) is 15.0. The number of benzene rings is 2. The maximum atomic E-state index is 12.1. The van der Waals surface area contributed by atoms with Crippen LogP contribution in [0.15, 0.2) is 53.0 Å². The molecule has 4 nitrogen and oxygen atoms in total. The molecule has 124 valence electrons. The highest BCUT2D eigenvalue weighted by Gasteiger charge is 2.32. The van der Waals surface area contributed by atoms with Crippen molar-refractivity contribution in [3.63, 3.8) is 0 Å². The molecular weight excluding hydrogens is 438 g/mol. The van der Waals surface area contributed by atoms with Crippen molar-refractivity contribution in [2.45, 2.75) is 24.2 Å². The summed E-state index contributed by atoms with van der Waals surface area (Å²) >= 11 is 6.70. The highest BCUT2D eigenvalue weighted by atomic mass is 79.9. The minimum absolute atomic E-state index is 0.120. The third kappa shape index (κ3) is 4.05. The summed E-state index contributed by atoms with van der Waals surface area (Å²) < 4.78 is 6.75. The van der Waals surface area contributed by atoms with Gasteiger partial charge in [0.2, 0.25) is 11.8 Å². The first kappa shape index (κ1) is 17.2. The number of halogens is 2. The van der Waals surface area contributed by atoms with E-state index in [4.69, 9.17) is 4.74 Å². The summed E-state index contributed by atoms with van der Waals surface area (Å²) in [5, 5.41) is 0. The SMILES string of the molecule is O=C1CCC(Br)C(=O)N1Cc1ccc(Oc2ccc(Br)cc2)cc1. The second kappa shape index (κ2) is 7.49. The van der Waals surface area contributed by atoms with Crippen molar-refractivity contribution in [1.82, 2.24) is 4.90 Å². The molecule has 0 N–H and O–H groups in total. The van der Waals surface area contributed by atoms with Crippen molar-refractivity contribution in [1.29, 1.82) is 0 Å². The number of hydrogen-bond acceptors (Lipinski definition) is 3. The first-order valence-electron chi connectivity index (χ1n) is 7.53. The molecule has 1 aliphatic rings. The zero-order chi connectivity index (χ0) is 17.1. The van der Waals surface area contributed by atoms with Crippen molar-refractivity contribution in [2.24, 2.45) is 0 Å². The average Bonchev–Trinajstić information content (AvgIpc) is 2.59. The number of hydrogen-bond donors (Lipinski definition) is 0. The van der Waals surface area contributed by atoms with Crippen LogP contribution < -0.4 is 4.74 Å². The number of carbonyl (C=O) groups is 2. The third-order valence-electron chi connectivity index (χ3n) is 3.76. The van der Waals surface area contributed by atoms with E-state index in [0.717, 1.165) is 15.8 Å². The molecule has 0 aromatic heterocycles. The lowest BCUT2D eigenvalue weighted by Gasteiger charge is -2.28. The zero-order valence-corrected chi connectivity index (χ0v) is 15.9. The second-order valence-electron chi connectivity index (χ2n) is 5.52. The van der Waals surface area contributed by atoms with E-state index in [9.17, 15) is 9.59 Å². The van der Waals surface area contributed by atoms with Crippen molar-refractivity contribution >= 4 is 43.7 Å². The topological polar surface area (TPSA) is 46.6 Å². The lowest BCUT2D eigenvalue weighted by molar-refractivity contribution is -0.148. The van der Waals surface area contributed by atoms with E-state index >= 15 is 0 Å². The Labute approximate surface area is 157 Å². The van der Waals surface area contributed by atoms with E-state index in [0.29, 0.717) is 25.1 Å². The number of likely N-dealkylation sites (tertiary alicyclic amines) is 1. The standard InChI is InChI=1S/C18H15Br2NO3/c19-13-3-7-15(8-4-13)24-14-5-1-12(2-6-14)11-21-17(22)10-9-16(20)18(21)23/h1-8,16H,9-11H2. The lowest BCUT2D eigenvalue weighted by Crippen LogP contribution is -2.44. The Morgan fingerprint density at radius 1 is 1.00 bits per heavy atom. The Hall–Kier alpha value is -1.66. The second-order valence-corrected chi connectivity index (χ2v) is 7.55. The Bertz CT molecular complexity index is 744. The predicted molar refractivity (Wildman–Crippen MR) is 98.2 cm³/mol. The van der Waals surface area contributed by atoms with Crippen LogP contribution >= 0.6 is 31.9 Å². The van der Waals surface area contributed by atoms with Gasteiger partial charge in [-0.25, -0.2) is 0 Å². The number of rotatable bonds is 4. The summed E-state index contributed by atoms with van der Waals surface area (Å²) in [4.78, 5) is 25.1.